The Labute approximate surface area is 157 Å². The summed E-state index contributed by atoms with van der Waals surface area (Å²) >= 11 is 0. The number of halogens is 1. The highest BCUT2D eigenvalue weighted by molar-refractivity contribution is 7.89. The lowest BCUT2D eigenvalue weighted by Gasteiger charge is -2.24. The summed E-state index contributed by atoms with van der Waals surface area (Å²) < 4.78 is 41.4. The lowest BCUT2D eigenvalue weighted by Crippen LogP contribution is -2.37. The molecule has 1 saturated heterocycles. The zero-order valence-corrected chi connectivity index (χ0v) is 15.7. The highest BCUT2D eigenvalue weighted by Crippen LogP contribution is 2.11. The molecule has 1 N–H and O–H groups in total. The highest BCUT2D eigenvalue weighted by Gasteiger charge is 2.18. The number of hydrogen-bond donors (Lipinski definition) is 1. The van der Waals surface area contributed by atoms with Crippen molar-refractivity contribution in [2.45, 2.75) is 37.0 Å². The molecule has 1 heterocycles. The molecule has 0 atom stereocenters. The van der Waals surface area contributed by atoms with Crippen LogP contribution in [0.3, 0.4) is 0 Å². The minimum Gasteiger partial charge on any atom is -0.454 e. The number of amides is 1. The number of carbonyl (C=O) groups is 2. The Morgan fingerprint density at radius 3 is 2.22 bits per heavy atom. The van der Waals surface area contributed by atoms with E-state index in [1.807, 2.05) is 0 Å². The van der Waals surface area contributed by atoms with Crippen LogP contribution in [0, 0.1) is 5.82 Å². The molecule has 0 aromatic heterocycles. The van der Waals surface area contributed by atoms with E-state index >= 15 is 0 Å². The maximum Gasteiger partial charge on any atom is 0.334 e. The molecule has 8 nitrogen and oxygen atoms in total. The Morgan fingerprint density at radius 1 is 1.00 bits per heavy atom. The quantitative estimate of drug-likeness (QED) is 0.546. The van der Waals surface area contributed by atoms with Crippen LogP contribution in [0.4, 0.5) is 4.39 Å². The van der Waals surface area contributed by atoms with Gasteiger partial charge in [-0.05, 0) is 37.1 Å². The molecule has 27 heavy (non-hydrogen) atoms. The van der Waals surface area contributed by atoms with Gasteiger partial charge in [-0.2, -0.15) is 0 Å². The first kappa shape index (κ1) is 21.3. The van der Waals surface area contributed by atoms with Crippen LogP contribution in [0.15, 0.2) is 29.2 Å². The largest absolute Gasteiger partial charge is 0.454 e. The van der Waals surface area contributed by atoms with Crippen molar-refractivity contribution in [3.63, 3.8) is 0 Å². The molecule has 2 rings (SSSR count). The summed E-state index contributed by atoms with van der Waals surface area (Å²) in [6.07, 6.45) is 5.17. The van der Waals surface area contributed by atoms with Gasteiger partial charge in [0.25, 0.3) is 15.9 Å². The number of nitrogens with one attached hydrogen (secondary N) is 1. The summed E-state index contributed by atoms with van der Waals surface area (Å²) in [7, 11) is -4.05. The van der Waals surface area contributed by atoms with Gasteiger partial charge in [-0.25, -0.2) is 17.6 Å². The molecule has 1 fully saturated rings. The van der Waals surface area contributed by atoms with Crippen LogP contribution < -0.4 is 4.89 Å². The SMILES string of the molecule is O=C(CONS(=O)(=O)c1ccc(F)cc1)OCC(=O)N1CCCCCCC1. The van der Waals surface area contributed by atoms with Crippen molar-refractivity contribution in [2.75, 3.05) is 26.3 Å². The Balaban J connectivity index is 1.71. The average molecular weight is 402 g/mol. The van der Waals surface area contributed by atoms with Gasteiger partial charge in [-0.3, -0.25) is 9.63 Å². The van der Waals surface area contributed by atoms with Gasteiger partial charge in [-0.1, -0.05) is 24.1 Å². The summed E-state index contributed by atoms with van der Waals surface area (Å²) in [4.78, 5) is 31.5. The molecule has 150 valence electrons. The van der Waals surface area contributed by atoms with Crippen LogP contribution in [0.5, 0.6) is 0 Å². The standard InChI is InChI=1S/C17H23FN2O6S/c18-14-6-8-15(9-7-14)27(23,24)19-26-13-17(22)25-12-16(21)20-10-4-2-1-3-5-11-20/h6-9,19H,1-5,10-13H2. The van der Waals surface area contributed by atoms with Gasteiger partial charge in [0.2, 0.25) is 0 Å². The third-order valence-corrected chi connectivity index (χ3v) is 5.28. The number of hydrogen-bond acceptors (Lipinski definition) is 6. The van der Waals surface area contributed by atoms with Crippen molar-refractivity contribution in [1.29, 1.82) is 0 Å². The van der Waals surface area contributed by atoms with Gasteiger partial charge < -0.3 is 9.64 Å². The Hall–Kier alpha value is -2.04. The van der Waals surface area contributed by atoms with Crippen molar-refractivity contribution in [3.05, 3.63) is 30.1 Å². The Kier molecular flexibility index (Phi) is 8.14. The van der Waals surface area contributed by atoms with Crippen molar-refractivity contribution in [3.8, 4) is 0 Å². The van der Waals surface area contributed by atoms with Crippen LogP contribution in [0.1, 0.15) is 32.1 Å². The summed E-state index contributed by atoms with van der Waals surface area (Å²) in [5, 5.41) is 0. The molecule has 1 aromatic carbocycles. The number of rotatable bonds is 7. The molecule has 0 bridgehead atoms. The second-order valence-corrected chi connectivity index (χ2v) is 7.78. The van der Waals surface area contributed by atoms with Crippen molar-refractivity contribution in [1.82, 2.24) is 9.79 Å². The summed E-state index contributed by atoms with van der Waals surface area (Å²) in [6, 6.07) is 4.08. The first-order valence-corrected chi connectivity index (χ1v) is 10.2. The number of ether oxygens (including phenoxy) is 1. The van der Waals surface area contributed by atoms with Gasteiger partial charge in [0.15, 0.2) is 13.2 Å². The molecule has 0 radical (unpaired) electrons. The fourth-order valence-electron chi connectivity index (χ4n) is 2.60. The van der Waals surface area contributed by atoms with Gasteiger partial charge in [0.05, 0.1) is 4.90 Å². The number of esters is 1. The third-order valence-electron chi connectivity index (χ3n) is 4.05. The molecule has 0 unspecified atom stereocenters. The predicted octanol–water partition coefficient (Wildman–Crippen LogP) is 1.37. The maximum absolute atomic E-state index is 12.8. The molecule has 1 aliphatic rings. The number of benzene rings is 1. The van der Waals surface area contributed by atoms with E-state index in [0.717, 1.165) is 49.9 Å². The number of carbonyl (C=O) groups excluding carboxylic acids is 2. The molecular formula is C17H23FN2O6S. The second kappa shape index (κ2) is 10.3. The van der Waals surface area contributed by atoms with E-state index in [1.165, 1.54) is 6.42 Å². The predicted molar refractivity (Wildman–Crippen MR) is 93.3 cm³/mol. The molecule has 0 spiro atoms. The fourth-order valence-corrected chi connectivity index (χ4v) is 3.40. The lowest BCUT2D eigenvalue weighted by molar-refractivity contribution is -0.156. The first-order valence-electron chi connectivity index (χ1n) is 8.71. The smallest absolute Gasteiger partial charge is 0.334 e. The summed E-state index contributed by atoms with van der Waals surface area (Å²) in [6.45, 7) is 0.176. The van der Waals surface area contributed by atoms with Crippen molar-refractivity contribution < 1.29 is 32.0 Å². The van der Waals surface area contributed by atoms with E-state index in [0.29, 0.717) is 13.1 Å². The van der Waals surface area contributed by atoms with Crippen LogP contribution in [0.2, 0.25) is 0 Å². The minimum atomic E-state index is -4.05. The molecule has 10 heteroatoms. The second-order valence-electron chi connectivity index (χ2n) is 6.14. The lowest BCUT2D eigenvalue weighted by atomic mass is 10.1. The van der Waals surface area contributed by atoms with E-state index in [1.54, 1.807) is 9.79 Å². The number of nitrogens with zero attached hydrogens (tertiary/aromatic N) is 1. The van der Waals surface area contributed by atoms with Gasteiger partial charge >= 0.3 is 5.97 Å². The third kappa shape index (κ3) is 7.24. The first-order chi connectivity index (χ1) is 12.9. The van der Waals surface area contributed by atoms with Crippen LogP contribution in [0.25, 0.3) is 0 Å². The minimum absolute atomic E-state index is 0.218. The van der Waals surface area contributed by atoms with Crippen LogP contribution in [-0.2, 0) is 29.2 Å². The summed E-state index contributed by atoms with van der Waals surface area (Å²) in [5.41, 5.74) is 0. The van der Waals surface area contributed by atoms with Gasteiger partial charge in [0, 0.05) is 13.1 Å². The summed E-state index contributed by atoms with van der Waals surface area (Å²) in [5.74, 6) is -1.74. The van der Waals surface area contributed by atoms with Crippen molar-refractivity contribution in [2.24, 2.45) is 0 Å². The van der Waals surface area contributed by atoms with E-state index < -0.39 is 35.0 Å². The Morgan fingerprint density at radius 2 is 1.59 bits per heavy atom. The van der Waals surface area contributed by atoms with E-state index in [-0.39, 0.29) is 10.8 Å². The van der Waals surface area contributed by atoms with Crippen LogP contribution >= 0.6 is 0 Å². The maximum atomic E-state index is 12.8. The van der Waals surface area contributed by atoms with E-state index in [4.69, 9.17) is 4.74 Å². The normalized spacial score (nSPS) is 15.7. The molecule has 1 aromatic rings. The van der Waals surface area contributed by atoms with E-state index in [2.05, 4.69) is 4.84 Å². The van der Waals surface area contributed by atoms with Gasteiger partial charge in [0.1, 0.15) is 5.82 Å². The van der Waals surface area contributed by atoms with E-state index in [9.17, 15) is 22.4 Å². The monoisotopic (exact) mass is 402 g/mol. The topological polar surface area (TPSA) is 102 Å². The number of likely N-dealkylation sites (tertiary alicyclic amines) is 1. The zero-order valence-electron chi connectivity index (χ0n) is 14.9. The number of sulfonamides is 1. The fraction of sp³-hybridized carbons (Fsp3) is 0.529. The molecular weight excluding hydrogens is 379 g/mol. The average Bonchev–Trinajstić information content (AvgIpc) is 2.59. The van der Waals surface area contributed by atoms with Crippen LogP contribution in [-0.4, -0.2) is 51.5 Å². The highest BCUT2D eigenvalue weighted by atomic mass is 32.2. The molecule has 0 saturated carbocycles. The van der Waals surface area contributed by atoms with Crippen molar-refractivity contribution >= 4 is 21.9 Å². The molecule has 1 aliphatic heterocycles. The Bertz CT molecular complexity index is 730. The van der Waals surface area contributed by atoms with Gasteiger partial charge in [-0.15, -0.1) is 0 Å². The zero-order chi connectivity index (χ0) is 19.7. The molecule has 1 amide bonds. The molecule has 0 aliphatic carbocycles.